The quantitative estimate of drug-likeness (QED) is 0.767. The molecule has 1 aromatic heterocycles. The molecule has 0 spiro atoms. The number of hydrogen-bond acceptors (Lipinski definition) is 6. The number of carbonyl (C=O) groups excluding carboxylic acids is 2. The zero-order chi connectivity index (χ0) is 21.0. The number of aromatic nitrogens is 1. The summed E-state index contributed by atoms with van der Waals surface area (Å²) in [5, 5.41) is 6.70. The Balaban J connectivity index is 1.77. The van der Waals surface area contributed by atoms with E-state index < -0.39 is 11.9 Å². The lowest BCUT2D eigenvalue weighted by Crippen LogP contribution is -2.50. The molecule has 0 bridgehead atoms. The van der Waals surface area contributed by atoms with Gasteiger partial charge in [-0.15, -0.1) is 0 Å². The molecule has 2 amide bonds. The fraction of sp³-hybridized carbons (Fsp3) is 0.476. The van der Waals surface area contributed by atoms with Crippen LogP contribution in [0.3, 0.4) is 0 Å². The molecule has 1 aliphatic rings. The van der Waals surface area contributed by atoms with E-state index in [2.05, 4.69) is 10.5 Å². The lowest BCUT2D eigenvalue weighted by Gasteiger charge is -2.26. The van der Waals surface area contributed by atoms with Gasteiger partial charge in [-0.2, -0.15) is 0 Å². The molecule has 2 heterocycles. The molecule has 156 valence electrons. The van der Waals surface area contributed by atoms with Crippen LogP contribution in [0.25, 0.3) is 11.3 Å². The predicted octanol–water partition coefficient (Wildman–Crippen LogP) is 2.74. The number of benzene rings is 1. The van der Waals surface area contributed by atoms with E-state index in [1.807, 2.05) is 13.8 Å². The Morgan fingerprint density at radius 2 is 1.86 bits per heavy atom. The van der Waals surface area contributed by atoms with Crippen LogP contribution in [0.4, 0.5) is 0 Å². The number of hydrogen-bond donors (Lipinski definition) is 1. The zero-order valence-corrected chi connectivity index (χ0v) is 17.2. The molecule has 0 radical (unpaired) electrons. The molecule has 2 aromatic rings. The second kappa shape index (κ2) is 8.98. The van der Waals surface area contributed by atoms with Gasteiger partial charge in [0.05, 0.1) is 19.8 Å². The first-order chi connectivity index (χ1) is 13.9. The molecule has 0 aliphatic carbocycles. The number of ether oxygens (including phenoxy) is 2. The number of methoxy groups -OCH3 is 2. The average Bonchev–Trinajstić information content (AvgIpc) is 3.42. The first-order valence-electron chi connectivity index (χ1n) is 9.73. The van der Waals surface area contributed by atoms with E-state index >= 15 is 0 Å². The van der Waals surface area contributed by atoms with Crippen LogP contribution in [0.1, 0.15) is 37.2 Å². The number of nitrogens with zero attached hydrogens (tertiary/aromatic N) is 2. The minimum absolute atomic E-state index is 0.0416. The summed E-state index contributed by atoms with van der Waals surface area (Å²) in [6.45, 7) is 5.30. The van der Waals surface area contributed by atoms with E-state index in [4.69, 9.17) is 14.0 Å². The summed E-state index contributed by atoms with van der Waals surface area (Å²) in [5.74, 6) is 1.03. The van der Waals surface area contributed by atoms with Crippen LogP contribution in [0.15, 0.2) is 28.8 Å². The average molecular weight is 401 g/mol. The number of likely N-dealkylation sites (tertiary alicyclic amines) is 1. The topological polar surface area (TPSA) is 93.9 Å². The van der Waals surface area contributed by atoms with Gasteiger partial charge < -0.3 is 24.2 Å². The third-order valence-corrected chi connectivity index (χ3v) is 5.05. The van der Waals surface area contributed by atoms with Gasteiger partial charge >= 0.3 is 0 Å². The van der Waals surface area contributed by atoms with Gasteiger partial charge in [0.1, 0.15) is 17.5 Å². The molecule has 1 fully saturated rings. The highest BCUT2D eigenvalue weighted by Gasteiger charge is 2.31. The van der Waals surface area contributed by atoms with Gasteiger partial charge in [-0.3, -0.25) is 9.59 Å². The van der Waals surface area contributed by atoms with E-state index in [0.29, 0.717) is 22.8 Å². The van der Waals surface area contributed by atoms with Gasteiger partial charge in [-0.1, -0.05) is 19.0 Å². The molecule has 1 saturated heterocycles. The number of carbonyl (C=O) groups is 2. The SMILES string of the molecule is COc1ccc(-c2cc(C(=O)N[C@H](C(=O)N3CCCC3)C(C)C)no2)c(OC)c1. The van der Waals surface area contributed by atoms with Crippen molar-refractivity contribution in [2.75, 3.05) is 27.3 Å². The third-order valence-electron chi connectivity index (χ3n) is 5.05. The Labute approximate surface area is 170 Å². The molecule has 1 atom stereocenters. The first-order valence-corrected chi connectivity index (χ1v) is 9.73. The summed E-state index contributed by atoms with van der Waals surface area (Å²) in [7, 11) is 3.11. The van der Waals surface area contributed by atoms with Crippen LogP contribution in [0, 0.1) is 5.92 Å². The first kappa shape index (κ1) is 20.7. The van der Waals surface area contributed by atoms with Crippen LogP contribution in [0.5, 0.6) is 11.5 Å². The van der Waals surface area contributed by atoms with Crippen molar-refractivity contribution in [1.29, 1.82) is 0 Å². The smallest absolute Gasteiger partial charge is 0.274 e. The summed E-state index contributed by atoms with van der Waals surface area (Å²) < 4.78 is 15.9. The molecule has 8 heteroatoms. The summed E-state index contributed by atoms with van der Waals surface area (Å²) in [6.07, 6.45) is 2.00. The van der Waals surface area contributed by atoms with Gasteiger partial charge in [0, 0.05) is 25.2 Å². The lowest BCUT2D eigenvalue weighted by molar-refractivity contribution is -0.133. The van der Waals surface area contributed by atoms with Crippen molar-refractivity contribution in [2.45, 2.75) is 32.7 Å². The second-order valence-electron chi connectivity index (χ2n) is 7.37. The number of amides is 2. The summed E-state index contributed by atoms with van der Waals surface area (Å²) in [5.41, 5.74) is 0.756. The molecule has 1 N–H and O–H groups in total. The highest BCUT2D eigenvalue weighted by atomic mass is 16.5. The minimum atomic E-state index is -0.601. The molecular formula is C21H27N3O5. The molecule has 29 heavy (non-hydrogen) atoms. The number of nitrogens with one attached hydrogen (secondary N) is 1. The van der Waals surface area contributed by atoms with Gasteiger partial charge in [0.2, 0.25) is 5.91 Å². The van der Waals surface area contributed by atoms with Crippen molar-refractivity contribution in [2.24, 2.45) is 5.92 Å². The van der Waals surface area contributed by atoms with Crippen molar-refractivity contribution >= 4 is 11.8 Å². The van der Waals surface area contributed by atoms with E-state index in [0.717, 1.165) is 25.9 Å². The van der Waals surface area contributed by atoms with Crippen molar-refractivity contribution in [3.8, 4) is 22.8 Å². The van der Waals surface area contributed by atoms with Crippen LogP contribution >= 0.6 is 0 Å². The predicted molar refractivity (Wildman–Crippen MR) is 107 cm³/mol. The van der Waals surface area contributed by atoms with Crippen LogP contribution in [-0.4, -0.2) is 55.2 Å². The fourth-order valence-electron chi connectivity index (χ4n) is 3.37. The third kappa shape index (κ3) is 4.52. The Morgan fingerprint density at radius 3 is 2.48 bits per heavy atom. The second-order valence-corrected chi connectivity index (χ2v) is 7.37. The molecule has 3 rings (SSSR count). The minimum Gasteiger partial charge on any atom is -0.497 e. The Kier molecular flexibility index (Phi) is 6.41. The zero-order valence-electron chi connectivity index (χ0n) is 17.2. The van der Waals surface area contributed by atoms with E-state index in [-0.39, 0.29) is 17.5 Å². The van der Waals surface area contributed by atoms with Crippen molar-refractivity contribution in [1.82, 2.24) is 15.4 Å². The van der Waals surface area contributed by atoms with Crippen molar-refractivity contribution in [3.05, 3.63) is 30.0 Å². The highest BCUT2D eigenvalue weighted by molar-refractivity contribution is 5.97. The molecule has 1 aliphatic heterocycles. The Hall–Kier alpha value is -3.03. The summed E-state index contributed by atoms with van der Waals surface area (Å²) in [4.78, 5) is 27.3. The number of rotatable bonds is 7. The van der Waals surface area contributed by atoms with Gasteiger partial charge in [-0.05, 0) is 30.9 Å². The van der Waals surface area contributed by atoms with Crippen LogP contribution in [0.2, 0.25) is 0 Å². The maximum absolute atomic E-state index is 12.8. The molecule has 1 aromatic carbocycles. The summed E-state index contributed by atoms with van der Waals surface area (Å²) >= 11 is 0. The van der Waals surface area contributed by atoms with E-state index in [9.17, 15) is 9.59 Å². The molecule has 0 unspecified atom stereocenters. The Bertz CT molecular complexity index is 871. The van der Waals surface area contributed by atoms with Crippen molar-refractivity contribution < 1.29 is 23.6 Å². The van der Waals surface area contributed by atoms with Gasteiger partial charge in [0.15, 0.2) is 11.5 Å². The van der Waals surface area contributed by atoms with E-state index in [1.54, 1.807) is 37.3 Å². The maximum atomic E-state index is 12.8. The van der Waals surface area contributed by atoms with E-state index in [1.165, 1.54) is 6.07 Å². The maximum Gasteiger partial charge on any atom is 0.274 e. The monoisotopic (exact) mass is 401 g/mol. The van der Waals surface area contributed by atoms with Crippen LogP contribution < -0.4 is 14.8 Å². The van der Waals surface area contributed by atoms with Gasteiger partial charge in [-0.25, -0.2) is 0 Å². The lowest BCUT2D eigenvalue weighted by atomic mass is 10.0. The highest BCUT2D eigenvalue weighted by Crippen LogP contribution is 2.33. The fourth-order valence-corrected chi connectivity index (χ4v) is 3.37. The Morgan fingerprint density at radius 1 is 1.14 bits per heavy atom. The summed E-state index contributed by atoms with van der Waals surface area (Å²) in [6, 6.07) is 6.20. The van der Waals surface area contributed by atoms with Gasteiger partial charge in [0.25, 0.3) is 5.91 Å². The molecule has 8 nitrogen and oxygen atoms in total. The molecular weight excluding hydrogens is 374 g/mol. The van der Waals surface area contributed by atoms with Crippen LogP contribution in [-0.2, 0) is 4.79 Å². The largest absolute Gasteiger partial charge is 0.497 e. The van der Waals surface area contributed by atoms with Crippen molar-refractivity contribution in [3.63, 3.8) is 0 Å². The normalized spacial score (nSPS) is 14.7. The molecule has 0 saturated carbocycles. The standard InChI is InChI=1S/C21H27N3O5/c1-13(2)19(21(26)24-9-5-6-10-24)22-20(25)16-12-18(29-23-16)15-8-7-14(27-3)11-17(15)28-4/h7-8,11-13,19H,5-6,9-10H2,1-4H3,(H,22,25)/t19-/m0/s1.